The third-order valence-corrected chi connectivity index (χ3v) is 5.38. The van der Waals surface area contributed by atoms with Gasteiger partial charge in [-0.3, -0.25) is 4.79 Å². The number of hydrogen-bond acceptors (Lipinski definition) is 3. The standard InChI is InChI=1S/C18H23BrN4O/c1-12-16(11-21-23(12)15-8-6-14(19)7-9-15)18(24)22-17-5-3-2-4-13(17)10-20/h6-9,11,13,17H,2-5,10,20H2,1H3,(H,22,24). The van der Waals surface area contributed by atoms with Crippen LogP contribution in [-0.4, -0.2) is 28.3 Å². The number of hydrogen-bond donors (Lipinski definition) is 2. The molecule has 0 aliphatic heterocycles. The summed E-state index contributed by atoms with van der Waals surface area (Å²) in [5, 5.41) is 7.56. The quantitative estimate of drug-likeness (QED) is 0.841. The summed E-state index contributed by atoms with van der Waals surface area (Å²) in [4.78, 5) is 12.7. The Morgan fingerprint density at radius 3 is 2.75 bits per heavy atom. The zero-order valence-electron chi connectivity index (χ0n) is 13.8. The lowest BCUT2D eigenvalue weighted by Crippen LogP contribution is -2.44. The van der Waals surface area contributed by atoms with Crippen LogP contribution in [0.15, 0.2) is 34.9 Å². The van der Waals surface area contributed by atoms with E-state index >= 15 is 0 Å². The predicted molar refractivity (Wildman–Crippen MR) is 98.3 cm³/mol. The molecule has 1 aromatic carbocycles. The van der Waals surface area contributed by atoms with Crippen LogP contribution >= 0.6 is 15.9 Å². The van der Waals surface area contributed by atoms with Crippen LogP contribution in [0.5, 0.6) is 0 Å². The molecule has 0 bridgehead atoms. The third-order valence-electron chi connectivity index (χ3n) is 4.85. The SMILES string of the molecule is Cc1c(C(=O)NC2CCCCC2CN)cnn1-c1ccc(Br)cc1. The number of rotatable bonds is 4. The minimum absolute atomic E-state index is 0.0544. The van der Waals surface area contributed by atoms with Crippen molar-refractivity contribution in [1.82, 2.24) is 15.1 Å². The van der Waals surface area contributed by atoms with Crippen LogP contribution in [0.4, 0.5) is 0 Å². The van der Waals surface area contributed by atoms with Gasteiger partial charge < -0.3 is 11.1 Å². The first-order valence-electron chi connectivity index (χ1n) is 8.41. The third kappa shape index (κ3) is 3.54. The van der Waals surface area contributed by atoms with Crippen LogP contribution in [0.25, 0.3) is 5.69 Å². The molecule has 1 heterocycles. The van der Waals surface area contributed by atoms with Gasteiger partial charge in [0.15, 0.2) is 0 Å². The zero-order valence-corrected chi connectivity index (χ0v) is 15.4. The van der Waals surface area contributed by atoms with E-state index in [1.165, 1.54) is 6.42 Å². The van der Waals surface area contributed by atoms with Crippen LogP contribution in [0, 0.1) is 12.8 Å². The molecule has 3 N–H and O–H groups in total. The van der Waals surface area contributed by atoms with Gasteiger partial charge in [0.25, 0.3) is 5.91 Å². The van der Waals surface area contributed by atoms with Gasteiger partial charge in [0.05, 0.1) is 23.1 Å². The molecule has 3 rings (SSSR count). The summed E-state index contributed by atoms with van der Waals surface area (Å²) >= 11 is 3.43. The number of aromatic nitrogens is 2. The summed E-state index contributed by atoms with van der Waals surface area (Å²) < 4.78 is 2.81. The molecule has 1 fully saturated rings. The molecule has 1 saturated carbocycles. The van der Waals surface area contributed by atoms with Gasteiger partial charge in [-0.25, -0.2) is 4.68 Å². The van der Waals surface area contributed by atoms with Crippen molar-refractivity contribution in [2.75, 3.05) is 6.54 Å². The molecule has 1 amide bonds. The summed E-state index contributed by atoms with van der Waals surface area (Å²) in [6, 6.07) is 8.04. The summed E-state index contributed by atoms with van der Waals surface area (Å²) in [7, 11) is 0. The maximum Gasteiger partial charge on any atom is 0.254 e. The lowest BCUT2D eigenvalue weighted by atomic mass is 9.84. The molecule has 6 heteroatoms. The molecule has 2 atom stereocenters. The molecule has 128 valence electrons. The number of benzene rings is 1. The molecule has 0 spiro atoms. The molecular formula is C18H23BrN4O. The van der Waals surface area contributed by atoms with Gasteiger partial charge in [-0.1, -0.05) is 28.8 Å². The predicted octanol–water partition coefficient (Wildman–Crippen LogP) is 3.19. The number of amides is 1. The van der Waals surface area contributed by atoms with E-state index in [-0.39, 0.29) is 11.9 Å². The lowest BCUT2D eigenvalue weighted by Gasteiger charge is -2.31. The van der Waals surface area contributed by atoms with E-state index in [2.05, 4.69) is 26.3 Å². The van der Waals surface area contributed by atoms with Gasteiger partial charge in [0.1, 0.15) is 0 Å². The number of carbonyl (C=O) groups is 1. The van der Waals surface area contributed by atoms with Crippen molar-refractivity contribution >= 4 is 21.8 Å². The summed E-state index contributed by atoms with van der Waals surface area (Å²) in [6.07, 6.45) is 6.10. The number of nitrogens with one attached hydrogen (secondary N) is 1. The number of carbonyl (C=O) groups excluding carboxylic acids is 1. The maximum atomic E-state index is 12.7. The van der Waals surface area contributed by atoms with Crippen LogP contribution in [0.1, 0.15) is 41.7 Å². The van der Waals surface area contributed by atoms with Crippen molar-refractivity contribution in [1.29, 1.82) is 0 Å². The first-order chi connectivity index (χ1) is 11.6. The fourth-order valence-electron chi connectivity index (χ4n) is 3.40. The Hall–Kier alpha value is -1.66. The van der Waals surface area contributed by atoms with E-state index in [9.17, 15) is 4.79 Å². The second-order valence-electron chi connectivity index (χ2n) is 6.39. The highest BCUT2D eigenvalue weighted by atomic mass is 79.9. The summed E-state index contributed by atoms with van der Waals surface area (Å²) in [5.41, 5.74) is 8.26. The first-order valence-corrected chi connectivity index (χ1v) is 9.21. The Kier molecular flexibility index (Phi) is 5.36. The minimum Gasteiger partial charge on any atom is -0.349 e. The van der Waals surface area contributed by atoms with E-state index in [0.29, 0.717) is 18.0 Å². The molecule has 24 heavy (non-hydrogen) atoms. The Morgan fingerprint density at radius 2 is 2.04 bits per heavy atom. The van der Waals surface area contributed by atoms with Crippen molar-refractivity contribution in [3.05, 3.63) is 46.2 Å². The van der Waals surface area contributed by atoms with E-state index in [1.807, 2.05) is 31.2 Å². The van der Waals surface area contributed by atoms with Gasteiger partial charge in [0.2, 0.25) is 0 Å². The molecule has 2 aromatic rings. The Labute approximate surface area is 150 Å². The highest BCUT2D eigenvalue weighted by molar-refractivity contribution is 9.10. The van der Waals surface area contributed by atoms with E-state index in [4.69, 9.17) is 5.73 Å². The lowest BCUT2D eigenvalue weighted by molar-refractivity contribution is 0.0907. The molecule has 0 radical (unpaired) electrons. The molecule has 1 aliphatic rings. The Bertz CT molecular complexity index is 710. The van der Waals surface area contributed by atoms with E-state index < -0.39 is 0 Å². The number of halogens is 1. The highest BCUT2D eigenvalue weighted by Gasteiger charge is 2.26. The zero-order chi connectivity index (χ0) is 17.1. The second kappa shape index (κ2) is 7.49. The van der Waals surface area contributed by atoms with Gasteiger partial charge in [-0.2, -0.15) is 5.10 Å². The molecule has 0 saturated heterocycles. The average Bonchev–Trinajstić information content (AvgIpc) is 2.98. The second-order valence-corrected chi connectivity index (χ2v) is 7.31. The normalized spacial score (nSPS) is 20.8. The molecule has 2 unspecified atom stereocenters. The van der Waals surface area contributed by atoms with Crippen molar-refractivity contribution in [2.24, 2.45) is 11.7 Å². The number of nitrogens with two attached hydrogens (primary N) is 1. The molecule has 1 aromatic heterocycles. The fourth-order valence-corrected chi connectivity index (χ4v) is 3.67. The molecular weight excluding hydrogens is 368 g/mol. The van der Waals surface area contributed by atoms with E-state index in [0.717, 1.165) is 35.1 Å². The summed E-state index contributed by atoms with van der Waals surface area (Å²) in [5.74, 6) is 0.325. The monoisotopic (exact) mass is 390 g/mol. The van der Waals surface area contributed by atoms with Crippen LogP contribution < -0.4 is 11.1 Å². The Balaban J connectivity index is 1.77. The van der Waals surface area contributed by atoms with E-state index in [1.54, 1.807) is 10.9 Å². The van der Waals surface area contributed by atoms with Crippen LogP contribution in [-0.2, 0) is 0 Å². The van der Waals surface area contributed by atoms with Crippen molar-refractivity contribution < 1.29 is 4.79 Å². The van der Waals surface area contributed by atoms with Gasteiger partial charge in [-0.05, 0) is 56.5 Å². The minimum atomic E-state index is -0.0544. The van der Waals surface area contributed by atoms with Crippen LogP contribution in [0.3, 0.4) is 0 Å². The molecule has 1 aliphatic carbocycles. The van der Waals surface area contributed by atoms with Crippen molar-refractivity contribution in [3.63, 3.8) is 0 Å². The van der Waals surface area contributed by atoms with Crippen molar-refractivity contribution in [3.8, 4) is 5.69 Å². The largest absolute Gasteiger partial charge is 0.349 e. The van der Waals surface area contributed by atoms with Crippen molar-refractivity contribution in [2.45, 2.75) is 38.6 Å². The highest BCUT2D eigenvalue weighted by Crippen LogP contribution is 2.24. The topological polar surface area (TPSA) is 72.9 Å². The summed E-state index contributed by atoms with van der Waals surface area (Å²) in [6.45, 7) is 2.55. The Morgan fingerprint density at radius 1 is 1.33 bits per heavy atom. The van der Waals surface area contributed by atoms with Gasteiger partial charge >= 0.3 is 0 Å². The average molecular weight is 391 g/mol. The maximum absolute atomic E-state index is 12.7. The van der Waals surface area contributed by atoms with Crippen LogP contribution in [0.2, 0.25) is 0 Å². The first kappa shape index (κ1) is 17.2. The smallest absolute Gasteiger partial charge is 0.254 e. The van der Waals surface area contributed by atoms with Gasteiger partial charge in [0, 0.05) is 10.5 Å². The number of nitrogens with zero attached hydrogens (tertiary/aromatic N) is 2. The molecule has 5 nitrogen and oxygen atoms in total. The fraction of sp³-hybridized carbons (Fsp3) is 0.444. The van der Waals surface area contributed by atoms with Gasteiger partial charge in [-0.15, -0.1) is 0 Å².